The van der Waals surface area contributed by atoms with Crippen LogP contribution >= 0.6 is 40.0 Å². The van der Waals surface area contributed by atoms with Gasteiger partial charge in [-0.2, -0.15) is 0 Å². The number of rotatable bonds is 3. The van der Waals surface area contributed by atoms with E-state index in [4.69, 9.17) is 22.7 Å². The molecule has 0 aromatic heterocycles. The highest BCUT2D eigenvalue weighted by Crippen LogP contribution is 2.35. The van der Waals surface area contributed by atoms with Crippen molar-refractivity contribution in [2.75, 3.05) is 10.8 Å². The van der Waals surface area contributed by atoms with E-state index in [9.17, 15) is 4.39 Å². The normalized spacial score (nSPS) is 10.8. The van der Waals surface area contributed by atoms with E-state index >= 15 is 0 Å². The second-order valence-electron chi connectivity index (χ2n) is 2.41. The van der Waals surface area contributed by atoms with E-state index in [1.807, 2.05) is 0 Å². The summed E-state index contributed by atoms with van der Waals surface area (Å²) in [5.41, 5.74) is 6.35. The average Bonchev–Trinajstić information content (AvgIpc) is 2.15. The maximum Gasteiger partial charge on any atom is 0.148 e. The number of nitrogens with two attached hydrogens (primary N) is 1. The summed E-state index contributed by atoms with van der Waals surface area (Å²) >= 11 is 7.74. The van der Waals surface area contributed by atoms with Gasteiger partial charge >= 0.3 is 0 Å². The molecule has 1 atom stereocenters. The Bertz CT molecular complexity index is 374. The van der Waals surface area contributed by atoms with Gasteiger partial charge in [0.15, 0.2) is 0 Å². The number of benzene rings is 1. The van der Waals surface area contributed by atoms with Gasteiger partial charge in [-0.25, -0.2) is 4.39 Å². The van der Waals surface area contributed by atoms with Crippen molar-refractivity contribution in [2.24, 2.45) is 0 Å². The van der Waals surface area contributed by atoms with Gasteiger partial charge in [0.05, 0.1) is 16.4 Å². The highest BCUT2D eigenvalue weighted by Gasteiger charge is 2.13. The molecular formula is C7H7ClFIN3P. The maximum absolute atomic E-state index is 13.4. The lowest BCUT2D eigenvalue weighted by atomic mass is 10.1. The quantitative estimate of drug-likeness (QED) is 0.340. The van der Waals surface area contributed by atoms with Crippen LogP contribution in [0.1, 0.15) is 5.56 Å². The minimum atomic E-state index is -0.494. The Labute approximate surface area is 100 Å². The summed E-state index contributed by atoms with van der Waals surface area (Å²) in [5.74, 6) is -0.494. The predicted molar refractivity (Wildman–Crippen MR) is 69.7 cm³/mol. The lowest BCUT2D eigenvalue weighted by molar-refractivity contribution is 0.632. The smallest absolute Gasteiger partial charge is 0.148 e. The van der Waals surface area contributed by atoms with E-state index in [0.29, 0.717) is 11.9 Å². The van der Waals surface area contributed by atoms with Crippen LogP contribution in [-0.2, 0) is 0 Å². The first-order valence-electron chi connectivity index (χ1n) is 3.51. The van der Waals surface area contributed by atoms with E-state index in [-0.39, 0.29) is 16.4 Å². The summed E-state index contributed by atoms with van der Waals surface area (Å²) in [4.78, 5) is 0. The van der Waals surface area contributed by atoms with Crippen molar-refractivity contribution in [2.45, 2.75) is 0 Å². The Balaban J connectivity index is 3.38. The molecule has 0 bridgehead atoms. The molecule has 1 unspecified atom stereocenters. The van der Waals surface area contributed by atoms with Crippen molar-refractivity contribution in [3.05, 3.63) is 22.5 Å². The van der Waals surface area contributed by atoms with Crippen LogP contribution in [-0.4, -0.2) is 6.21 Å². The molecule has 0 fully saturated rings. The fourth-order valence-electron chi connectivity index (χ4n) is 0.977. The molecule has 0 spiro atoms. The molecule has 14 heavy (non-hydrogen) atoms. The molecule has 0 aliphatic rings. The largest absolute Gasteiger partial charge is 0.397 e. The fraction of sp³-hybridized carbons (Fsp3) is 0. The highest BCUT2D eigenvalue weighted by atomic mass is 127. The topological polar surface area (TPSA) is 61.9 Å². The van der Waals surface area contributed by atoms with Crippen LogP contribution in [0.3, 0.4) is 0 Å². The van der Waals surface area contributed by atoms with Gasteiger partial charge in [0.25, 0.3) is 0 Å². The Morgan fingerprint density at radius 1 is 1.71 bits per heavy atom. The van der Waals surface area contributed by atoms with Crippen molar-refractivity contribution >= 4 is 57.6 Å². The molecule has 1 aromatic rings. The first kappa shape index (κ1) is 11.9. The molecule has 3 nitrogen and oxygen atoms in total. The zero-order valence-electron chi connectivity index (χ0n) is 6.87. The maximum atomic E-state index is 13.4. The van der Waals surface area contributed by atoms with Crippen LogP contribution < -0.4 is 10.8 Å². The zero-order valence-corrected chi connectivity index (χ0v) is 10.8. The molecule has 0 aliphatic heterocycles. The van der Waals surface area contributed by atoms with Crippen LogP contribution in [0.5, 0.6) is 0 Å². The minimum Gasteiger partial charge on any atom is -0.397 e. The number of anilines is 2. The van der Waals surface area contributed by atoms with Crippen molar-refractivity contribution in [3.63, 3.8) is 0 Å². The summed E-state index contributed by atoms with van der Waals surface area (Å²) < 4.78 is 13.4. The van der Waals surface area contributed by atoms with E-state index in [0.717, 1.165) is 12.3 Å². The zero-order chi connectivity index (χ0) is 10.7. The lowest BCUT2D eigenvalue weighted by Gasteiger charge is -2.11. The van der Waals surface area contributed by atoms with Crippen molar-refractivity contribution in [1.29, 1.82) is 5.41 Å². The SMILES string of the molecule is N=Cc1c(N)c(Cl)cc(F)c1NPI. The summed E-state index contributed by atoms with van der Waals surface area (Å²) in [5, 5.41) is 10.1. The van der Waals surface area contributed by atoms with Gasteiger partial charge in [-0.1, -0.05) is 11.6 Å². The second-order valence-corrected chi connectivity index (χ2v) is 4.87. The highest BCUT2D eigenvalue weighted by molar-refractivity contribution is 14.2. The summed E-state index contributed by atoms with van der Waals surface area (Å²) in [6.07, 6.45) is 1.29. The molecule has 0 amide bonds. The van der Waals surface area contributed by atoms with Crippen LogP contribution in [0.4, 0.5) is 15.8 Å². The molecule has 1 aromatic carbocycles. The van der Waals surface area contributed by atoms with E-state index in [1.54, 1.807) is 0 Å². The Morgan fingerprint density at radius 2 is 2.36 bits per heavy atom. The molecule has 1 rings (SSSR count). The third kappa shape index (κ3) is 2.27. The average molecular weight is 345 g/mol. The predicted octanol–water partition coefficient (Wildman–Crippen LogP) is 3.41. The number of halogens is 3. The third-order valence-electron chi connectivity index (χ3n) is 1.63. The van der Waals surface area contributed by atoms with Crippen LogP contribution in [0.25, 0.3) is 0 Å². The molecule has 0 saturated heterocycles. The number of nitrogen functional groups attached to an aromatic ring is 1. The lowest BCUT2D eigenvalue weighted by Crippen LogP contribution is -2.01. The Hall–Kier alpha value is -0.130. The van der Waals surface area contributed by atoms with Crippen molar-refractivity contribution in [3.8, 4) is 0 Å². The Morgan fingerprint density at radius 3 is 2.86 bits per heavy atom. The van der Waals surface area contributed by atoms with Gasteiger partial charge < -0.3 is 16.2 Å². The molecule has 0 radical (unpaired) electrons. The Kier molecular flexibility index (Phi) is 4.34. The van der Waals surface area contributed by atoms with Gasteiger partial charge in [0.1, 0.15) is 5.82 Å². The summed E-state index contributed by atoms with van der Waals surface area (Å²) in [7, 11) is 0. The minimum absolute atomic E-state index is 0.128. The molecule has 0 heterocycles. The number of nitrogens with one attached hydrogen (secondary N) is 2. The van der Waals surface area contributed by atoms with Gasteiger partial charge in [-0.15, -0.1) is 0 Å². The van der Waals surface area contributed by atoms with Crippen molar-refractivity contribution < 1.29 is 4.39 Å². The van der Waals surface area contributed by atoms with Crippen LogP contribution in [0, 0.1) is 11.2 Å². The van der Waals surface area contributed by atoms with E-state index in [1.165, 1.54) is 0 Å². The van der Waals surface area contributed by atoms with E-state index in [2.05, 4.69) is 27.1 Å². The number of hydrogen-bond donors (Lipinski definition) is 3. The molecule has 76 valence electrons. The molecular weight excluding hydrogens is 338 g/mol. The van der Waals surface area contributed by atoms with E-state index < -0.39 is 5.82 Å². The monoisotopic (exact) mass is 345 g/mol. The van der Waals surface area contributed by atoms with Crippen molar-refractivity contribution in [1.82, 2.24) is 0 Å². The number of hydrogen-bond acceptors (Lipinski definition) is 3. The van der Waals surface area contributed by atoms with Crippen LogP contribution in [0.15, 0.2) is 6.07 Å². The molecule has 7 heteroatoms. The second kappa shape index (κ2) is 5.09. The standard InChI is InChI=1S/C7H7ClFIN3P/c8-4-1-5(9)7(13-14-10)3(2-11)6(4)12/h1-2,11,13-14H,12H2. The van der Waals surface area contributed by atoms with Gasteiger partial charge in [-0.3, -0.25) is 0 Å². The molecule has 0 saturated carbocycles. The summed E-state index contributed by atoms with van der Waals surface area (Å²) in [6.45, 7) is 0. The van der Waals surface area contributed by atoms with Gasteiger partial charge in [-0.05, 0) is 28.1 Å². The molecule has 4 N–H and O–H groups in total. The first-order valence-corrected chi connectivity index (χ1v) is 8.00. The third-order valence-corrected chi connectivity index (χ3v) is 3.09. The molecule has 0 aliphatic carbocycles. The van der Waals surface area contributed by atoms with Gasteiger partial charge in [0.2, 0.25) is 0 Å². The summed E-state index contributed by atoms with van der Waals surface area (Å²) in [6, 6.07) is 1.14. The fourth-order valence-corrected chi connectivity index (χ4v) is 2.33. The first-order chi connectivity index (χ1) is 6.61. The van der Waals surface area contributed by atoms with Gasteiger partial charge in [0, 0.05) is 18.2 Å². The van der Waals surface area contributed by atoms with Crippen LogP contribution in [0.2, 0.25) is 5.02 Å².